The van der Waals surface area contributed by atoms with E-state index >= 15 is 0 Å². The zero-order chi connectivity index (χ0) is 18.3. The predicted octanol–water partition coefficient (Wildman–Crippen LogP) is 3.01. The number of hydrogen-bond donors (Lipinski definition) is 2. The van der Waals surface area contributed by atoms with Gasteiger partial charge in [0, 0.05) is 18.5 Å². The summed E-state index contributed by atoms with van der Waals surface area (Å²) < 4.78 is 7.83. The first-order chi connectivity index (χ1) is 12.4. The number of phenols is 1. The molecule has 0 spiro atoms. The molecular weight excluding hydrogens is 330 g/mol. The quantitative estimate of drug-likeness (QED) is 0.750. The maximum absolute atomic E-state index is 9.38. The number of phenolic OH excluding ortho intramolecular Hbond substituents is 1. The van der Waals surface area contributed by atoms with Crippen molar-refractivity contribution in [1.29, 1.82) is 0 Å². The van der Waals surface area contributed by atoms with Crippen LogP contribution in [-0.2, 0) is 12.0 Å². The summed E-state index contributed by atoms with van der Waals surface area (Å²) in [5.74, 6) is 1.71. The Labute approximate surface area is 152 Å². The molecule has 7 nitrogen and oxygen atoms in total. The van der Waals surface area contributed by atoms with Gasteiger partial charge in [0.25, 0.3) is 6.01 Å². The van der Waals surface area contributed by atoms with Crippen LogP contribution in [0.25, 0.3) is 11.2 Å². The minimum absolute atomic E-state index is 0.0908. The van der Waals surface area contributed by atoms with Crippen molar-refractivity contribution in [1.82, 2.24) is 19.5 Å². The van der Waals surface area contributed by atoms with E-state index in [1.54, 1.807) is 12.1 Å². The fourth-order valence-corrected chi connectivity index (χ4v) is 3.30. The molecule has 7 heteroatoms. The van der Waals surface area contributed by atoms with Gasteiger partial charge in [-0.1, -0.05) is 12.1 Å². The van der Waals surface area contributed by atoms with Crippen LogP contribution in [0.2, 0.25) is 0 Å². The highest BCUT2D eigenvalue weighted by Gasteiger charge is 2.32. The van der Waals surface area contributed by atoms with Crippen LogP contribution < -0.4 is 10.1 Å². The van der Waals surface area contributed by atoms with Crippen molar-refractivity contribution in [3.05, 3.63) is 35.7 Å². The number of imidazole rings is 1. The molecule has 2 aromatic heterocycles. The molecular formula is C19H23N5O2. The molecule has 0 unspecified atom stereocenters. The molecule has 4 rings (SSSR count). The third-order valence-corrected chi connectivity index (χ3v) is 4.78. The molecule has 3 aromatic rings. The van der Waals surface area contributed by atoms with E-state index in [2.05, 4.69) is 38.7 Å². The number of ether oxygens (including phenoxy) is 1. The Hall–Kier alpha value is -2.83. The second-order valence-corrected chi connectivity index (χ2v) is 7.28. The van der Waals surface area contributed by atoms with E-state index in [-0.39, 0.29) is 11.3 Å². The number of rotatable bonds is 4. The second kappa shape index (κ2) is 6.16. The Morgan fingerprint density at radius 3 is 2.73 bits per heavy atom. The van der Waals surface area contributed by atoms with E-state index in [1.165, 1.54) is 0 Å². The smallest absolute Gasteiger partial charge is 0.299 e. The van der Waals surface area contributed by atoms with Crippen LogP contribution in [0, 0.1) is 6.92 Å². The summed E-state index contributed by atoms with van der Waals surface area (Å²) in [5.41, 5.74) is 2.61. The second-order valence-electron chi connectivity index (χ2n) is 7.28. The summed E-state index contributed by atoms with van der Waals surface area (Å²) in [5, 5.41) is 12.8. The van der Waals surface area contributed by atoms with Gasteiger partial charge < -0.3 is 15.2 Å². The molecule has 0 aliphatic carbocycles. The van der Waals surface area contributed by atoms with Crippen LogP contribution >= 0.6 is 0 Å². The van der Waals surface area contributed by atoms with Gasteiger partial charge in [0.2, 0.25) is 0 Å². The van der Waals surface area contributed by atoms with Crippen molar-refractivity contribution < 1.29 is 9.84 Å². The Balaban J connectivity index is 1.63. The normalized spacial score (nSPS) is 15.5. The molecule has 0 saturated carbocycles. The molecule has 0 amide bonds. The van der Waals surface area contributed by atoms with Crippen LogP contribution in [-0.4, -0.2) is 37.8 Å². The van der Waals surface area contributed by atoms with Crippen LogP contribution in [0.1, 0.15) is 31.7 Å². The Morgan fingerprint density at radius 2 is 1.96 bits per heavy atom. The number of nitrogens with one attached hydrogen (secondary N) is 1. The standard InChI is InChI=1S/C19H23N5O2/c1-12-21-16(20-10-8-13-4-6-14(25)7-5-13)15-17(22-12)24-18(23-15)26-11-9-19(24,2)3/h4-7,25H,8-11H2,1-3H3,(H,20,21,22). The highest BCUT2D eigenvalue weighted by Crippen LogP contribution is 2.36. The van der Waals surface area contributed by atoms with E-state index in [4.69, 9.17) is 4.74 Å². The van der Waals surface area contributed by atoms with Gasteiger partial charge in [-0.2, -0.15) is 4.98 Å². The zero-order valence-electron chi connectivity index (χ0n) is 15.3. The molecule has 0 fully saturated rings. The third-order valence-electron chi connectivity index (χ3n) is 4.78. The first kappa shape index (κ1) is 16.6. The van der Waals surface area contributed by atoms with E-state index < -0.39 is 0 Å². The largest absolute Gasteiger partial charge is 0.508 e. The van der Waals surface area contributed by atoms with Gasteiger partial charge in [0.05, 0.1) is 6.61 Å². The number of fused-ring (bicyclic) bond motifs is 3. The lowest BCUT2D eigenvalue weighted by molar-refractivity contribution is 0.151. The van der Waals surface area contributed by atoms with E-state index in [0.29, 0.717) is 25.0 Å². The highest BCUT2D eigenvalue weighted by atomic mass is 16.5. The number of hydrogen-bond acceptors (Lipinski definition) is 6. The molecule has 1 aliphatic heterocycles. The molecule has 0 saturated heterocycles. The minimum atomic E-state index is -0.0908. The third kappa shape index (κ3) is 2.94. The number of anilines is 1. The molecule has 0 atom stereocenters. The summed E-state index contributed by atoms with van der Waals surface area (Å²) in [4.78, 5) is 13.8. The number of benzene rings is 1. The van der Waals surface area contributed by atoms with E-state index in [1.807, 2.05) is 19.1 Å². The number of aryl methyl sites for hydroxylation is 1. The van der Waals surface area contributed by atoms with Gasteiger partial charge in [0.15, 0.2) is 17.0 Å². The van der Waals surface area contributed by atoms with Gasteiger partial charge in [-0.25, -0.2) is 9.97 Å². The van der Waals surface area contributed by atoms with Crippen LogP contribution in [0.4, 0.5) is 5.82 Å². The first-order valence-electron chi connectivity index (χ1n) is 8.86. The SMILES string of the molecule is Cc1nc(NCCc2ccc(O)cc2)c2nc3n(c2n1)C(C)(C)CCO3. The maximum atomic E-state index is 9.38. The number of nitrogens with zero attached hydrogens (tertiary/aromatic N) is 4. The molecule has 136 valence electrons. The van der Waals surface area contributed by atoms with Gasteiger partial charge in [-0.15, -0.1) is 0 Å². The molecule has 0 radical (unpaired) electrons. The molecule has 1 aromatic carbocycles. The summed E-state index contributed by atoms with van der Waals surface area (Å²) in [6, 6.07) is 7.85. The Bertz CT molecular complexity index is 947. The van der Waals surface area contributed by atoms with Crippen molar-refractivity contribution >= 4 is 17.0 Å². The topological polar surface area (TPSA) is 85.1 Å². The maximum Gasteiger partial charge on any atom is 0.299 e. The zero-order valence-corrected chi connectivity index (χ0v) is 15.3. The Kier molecular flexibility index (Phi) is 3.94. The van der Waals surface area contributed by atoms with Crippen molar-refractivity contribution in [3.63, 3.8) is 0 Å². The Morgan fingerprint density at radius 1 is 1.19 bits per heavy atom. The van der Waals surface area contributed by atoms with Gasteiger partial charge in [-0.3, -0.25) is 4.57 Å². The lowest BCUT2D eigenvalue weighted by Crippen LogP contribution is -2.33. The highest BCUT2D eigenvalue weighted by molar-refractivity contribution is 5.84. The number of aromatic nitrogens is 4. The summed E-state index contributed by atoms with van der Waals surface area (Å²) in [6.07, 6.45) is 1.73. The minimum Gasteiger partial charge on any atom is -0.508 e. The predicted molar refractivity (Wildman–Crippen MR) is 99.8 cm³/mol. The van der Waals surface area contributed by atoms with Crippen LogP contribution in [0.3, 0.4) is 0 Å². The van der Waals surface area contributed by atoms with Gasteiger partial charge in [0.1, 0.15) is 11.6 Å². The van der Waals surface area contributed by atoms with E-state index in [0.717, 1.165) is 35.4 Å². The summed E-state index contributed by atoms with van der Waals surface area (Å²) >= 11 is 0. The van der Waals surface area contributed by atoms with Crippen molar-refractivity contribution in [3.8, 4) is 11.8 Å². The lowest BCUT2D eigenvalue weighted by atomic mass is 10.0. The van der Waals surface area contributed by atoms with Crippen molar-refractivity contribution in [2.24, 2.45) is 0 Å². The molecule has 3 heterocycles. The molecule has 0 bridgehead atoms. The molecule has 26 heavy (non-hydrogen) atoms. The summed E-state index contributed by atoms with van der Waals surface area (Å²) in [6.45, 7) is 7.61. The van der Waals surface area contributed by atoms with E-state index in [9.17, 15) is 5.11 Å². The fraction of sp³-hybridized carbons (Fsp3) is 0.421. The average molecular weight is 353 g/mol. The van der Waals surface area contributed by atoms with Crippen molar-refractivity contribution in [2.45, 2.75) is 39.2 Å². The fourth-order valence-electron chi connectivity index (χ4n) is 3.30. The van der Waals surface area contributed by atoms with Crippen molar-refractivity contribution in [2.75, 3.05) is 18.5 Å². The van der Waals surface area contributed by atoms with Crippen LogP contribution in [0.15, 0.2) is 24.3 Å². The van der Waals surface area contributed by atoms with Gasteiger partial charge in [-0.05, 0) is 44.9 Å². The molecule has 2 N–H and O–H groups in total. The molecule has 1 aliphatic rings. The lowest BCUT2D eigenvalue weighted by Gasteiger charge is -2.32. The van der Waals surface area contributed by atoms with Crippen LogP contribution in [0.5, 0.6) is 11.8 Å². The first-order valence-corrected chi connectivity index (χ1v) is 8.86. The number of aromatic hydroxyl groups is 1. The summed E-state index contributed by atoms with van der Waals surface area (Å²) in [7, 11) is 0. The average Bonchev–Trinajstić information content (AvgIpc) is 2.96. The monoisotopic (exact) mass is 353 g/mol. The van der Waals surface area contributed by atoms with Gasteiger partial charge >= 0.3 is 0 Å².